The third-order valence-corrected chi connectivity index (χ3v) is 3.94. The van der Waals surface area contributed by atoms with Crippen LogP contribution in [-0.4, -0.2) is 37.3 Å². The molecule has 8 heteroatoms. The first-order valence-corrected chi connectivity index (χ1v) is 6.65. The molecule has 19 heavy (non-hydrogen) atoms. The molecule has 1 fully saturated rings. The van der Waals surface area contributed by atoms with Gasteiger partial charge in [-0.3, -0.25) is 0 Å². The first kappa shape index (κ1) is 14.1. The van der Waals surface area contributed by atoms with Crippen molar-refractivity contribution in [3.05, 3.63) is 11.1 Å². The van der Waals surface area contributed by atoms with E-state index in [9.17, 15) is 18.0 Å². The summed E-state index contributed by atoms with van der Waals surface area (Å²) in [5.41, 5.74) is 0.136. The lowest BCUT2D eigenvalue weighted by Crippen LogP contribution is -2.41. The van der Waals surface area contributed by atoms with Crippen molar-refractivity contribution in [1.82, 2.24) is 4.98 Å². The van der Waals surface area contributed by atoms with E-state index >= 15 is 0 Å². The van der Waals surface area contributed by atoms with E-state index in [-0.39, 0.29) is 18.7 Å². The van der Waals surface area contributed by atoms with E-state index < -0.39 is 18.1 Å². The molecule has 106 valence electrons. The SMILES string of the molecule is COC(=O)c1csc(N2CCCC(C(F)(F)F)C2)n1. The number of halogens is 3. The summed E-state index contributed by atoms with van der Waals surface area (Å²) in [7, 11) is 1.24. The second-order valence-corrected chi connectivity index (χ2v) is 5.17. The van der Waals surface area contributed by atoms with E-state index in [2.05, 4.69) is 9.72 Å². The first-order valence-electron chi connectivity index (χ1n) is 5.77. The van der Waals surface area contributed by atoms with Crippen molar-refractivity contribution < 1.29 is 22.7 Å². The van der Waals surface area contributed by atoms with Gasteiger partial charge < -0.3 is 9.64 Å². The fraction of sp³-hybridized carbons (Fsp3) is 0.636. The Balaban J connectivity index is 2.09. The van der Waals surface area contributed by atoms with Gasteiger partial charge >= 0.3 is 12.1 Å². The molecule has 1 aromatic heterocycles. The number of nitrogens with zero attached hydrogens (tertiary/aromatic N) is 2. The van der Waals surface area contributed by atoms with Crippen LogP contribution < -0.4 is 4.90 Å². The molecule has 0 aromatic carbocycles. The van der Waals surface area contributed by atoms with Gasteiger partial charge in [0.25, 0.3) is 0 Å². The number of aromatic nitrogens is 1. The van der Waals surface area contributed by atoms with Gasteiger partial charge in [0.05, 0.1) is 13.0 Å². The van der Waals surface area contributed by atoms with Gasteiger partial charge in [-0.05, 0) is 12.8 Å². The lowest BCUT2D eigenvalue weighted by atomic mass is 9.98. The lowest BCUT2D eigenvalue weighted by molar-refractivity contribution is -0.175. The van der Waals surface area contributed by atoms with Gasteiger partial charge in [-0.25, -0.2) is 9.78 Å². The number of hydrogen-bond acceptors (Lipinski definition) is 5. The quantitative estimate of drug-likeness (QED) is 0.787. The monoisotopic (exact) mass is 294 g/mol. The molecule has 0 radical (unpaired) electrons. The summed E-state index contributed by atoms with van der Waals surface area (Å²) in [5.74, 6) is -1.90. The molecule has 1 aliphatic rings. The number of carbonyl (C=O) groups is 1. The number of thiazole rings is 1. The van der Waals surface area contributed by atoms with E-state index in [4.69, 9.17) is 0 Å². The fourth-order valence-electron chi connectivity index (χ4n) is 2.03. The number of esters is 1. The number of carbonyl (C=O) groups excluding carboxylic acids is 1. The van der Waals surface area contributed by atoms with E-state index in [1.807, 2.05) is 0 Å². The molecule has 4 nitrogen and oxygen atoms in total. The Labute approximate surface area is 112 Å². The Bertz CT molecular complexity index is 461. The molecular weight excluding hydrogens is 281 g/mol. The Kier molecular flexibility index (Phi) is 3.98. The van der Waals surface area contributed by atoms with Crippen LogP contribution in [-0.2, 0) is 4.74 Å². The van der Waals surface area contributed by atoms with Crippen molar-refractivity contribution in [3.8, 4) is 0 Å². The van der Waals surface area contributed by atoms with Crippen molar-refractivity contribution in [2.45, 2.75) is 19.0 Å². The largest absolute Gasteiger partial charge is 0.464 e. The fourth-order valence-corrected chi connectivity index (χ4v) is 2.86. The predicted octanol–water partition coefficient (Wildman–Crippen LogP) is 2.71. The van der Waals surface area contributed by atoms with E-state index in [0.717, 1.165) is 11.3 Å². The summed E-state index contributed by atoms with van der Waals surface area (Å²) in [6.45, 7) is 0.429. The van der Waals surface area contributed by atoms with Crippen LogP contribution in [0.4, 0.5) is 18.3 Å². The highest BCUT2D eigenvalue weighted by Gasteiger charge is 2.42. The predicted molar refractivity (Wildman–Crippen MR) is 64.4 cm³/mol. The standard InChI is InChI=1S/C11H13F3N2O2S/c1-18-9(17)8-6-19-10(15-8)16-4-2-3-7(5-16)11(12,13)14/h6-7H,2-5H2,1H3. The Morgan fingerprint density at radius 1 is 1.58 bits per heavy atom. The van der Waals surface area contributed by atoms with Crippen LogP contribution >= 0.6 is 11.3 Å². The Morgan fingerprint density at radius 2 is 2.32 bits per heavy atom. The van der Waals surface area contributed by atoms with Gasteiger partial charge in [-0.15, -0.1) is 11.3 Å². The zero-order valence-corrected chi connectivity index (χ0v) is 11.1. The molecule has 1 aromatic rings. The van der Waals surface area contributed by atoms with Crippen molar-refractivity contribution in [1.29, 1.82) is 0 Å². The number of hydrogen-bond donors (Lipinski definition) is 0. The normalized spacial score (nSPS) is 20.4. The summed E-state index contributed by atoms with van der Waals surface area (Å²) in [6, 6.07) is 0. The molecule has 2 heterocycles. The van der Waals surface area contributed by atoms with Crippen LogP contribution in [0.15, 0.2) is 5.38 Å². The highest BCUT2D eigenvalue weighted by molar-refractivity contribution is 7.13. The summed E-state index contributed by atoms with van der Waals surface area (Å²) < 4.78 is 42.6. The maximum atomic E-state index is 12.7. The Morgan fingerprint density at radius 3 is 2.95 bits per heavy atom. The average Bonchev–Trinajstić information content (AvgIpc) is 2.86. The third kappa shape index (κ3) is 3.17. The van der Waals surface area contributed by atoms with Crippen LogP contribution in [0.25, 0.3) is 0 Å². The van der Waals surface area contributed by atoms with Gasteiger partial charge in [0, 0.05) is 18.5 Å². The maximum Gasteiger partial charge on any atom is 0.393 e. The van der Waals surface area contributed by atoms with E-state index in [1.165, 1.54) is 12.5 Å². The van der Waals surface area contributed by atoms with Crippen LogP contribution in [0, 0.1) is 5.92 Å². The maximum absolute atomic E-state index is 12.7. The highest BCUT2D eigenvalue weighted by atomic mass is 32.1. The van der Waals surface area contributed by atoms with Gasteiger partial charge in [-0.1, -0.05) is 0 Å². The number of methoxy groups -OCH3 is 1. The molecule has 0 aliphatic carbocycles. The molecule has 2 rings (SSSR count). The summed E-state index contributed by atoms with van der Waals surface area (Å²) in [5, 5.41) is 1.94. The average molecular weight is 294 g/mol. The first-order chi connectivity index (χ1) is 8.91. The molecule has 1 atom stereocenters. The van der Waals surface area contributed by atoms with Gasteiger partial charge in [0.15, 0.2) is 10.8 Å². The minimum absolute atomic E-state index is 0.0996. The summed E-state index contributed by atoms with van der Waals surface area (Å²) >= 11 is 1.16. The molecule has 0 saturated carbocycles. The zero-order chi connectivity index (χ0) is 14.0. The second-order valence-electron chi connectivity index (χ2n) is 4.33. The number of anilines is 1. The molecule has 0 bridgehead atoms. The minimum Gasteiger partial charge on any atom is -0.464 e. The molecule has 1 aliphatic heterocycles. The van der Waals surface area contributed by atoms with Crippen molar-refractivity contribution in [2.24, 2.45) is 5.92 Å². The molecule has 1 unspecified atom stereocenters. The van der Waals surface area contributed by atoms with Crippen LogP contribution in [0.5, 0.6) is 0 Å². The van der Waals surface area contributed by atoms with Gasteiger partial charge in [0.2, 0.25) is 0 Å². The smallest absolute Gasteiger partial charge is 0.393 e. The molecule has 0 spiro atoms. The molecule has 1 saturated heterocycles. The summed E-state index contributed by atoms with van der Waals surface area (Å²) in [4.78, 5) is 16.9. The summed E-state index contributed by atoms with van der Waals surface area (Å²) in [6.07, 6.45) is -3.56. The van der Waals surface area contributed by atoms with Gasteiger partial charge in [-0.2, -0.15) is 13.2 Å². The van der Waals surface area contributed by atoms with Gasteiger partial charge in [0.1, 0.15) is 0 Å². The number of alkyl halides is 3. The topological polar surface area (TPSA) is 42.4 Å². The third-order valence-electron chi connectivity index (χ3n) is 3.04. The molecule has 0 amide bonds. The van der Waals surface area contributed by atoms with Crippen molar-refractivity contribution >= 4 is 22.4 Å². The molecule has 0 N–H and O–H groups in total. The second kappa shape index (κ2) is 5.36. The number of ether oxygens (including phenoxy) is 1. The van der Waals surface area contributed by atoms with E-state index in [0.29, 0.717) is 18.1 Å². The Hall–Kier alpha value is -1.31. The number of piperidine rings is 1. The highest BCUT2D eigenvalue weighted by Crippen LogP contribution is 2.35. The van der Waals surface area contributed by atoms with E-state index in [1.54, 1.807) is 4.90 Å². The zero-order valence-electron chi connectivity index (χ0n) is 10.2. The van der Waals surface area contributed by atoms with Crippen molar-refractivity contribution in [2.75, 3.05) is 25.1 Å². The van der Waals surface area contributed by atoms with Crippen LogP contribution in [0.2, 0.25) is 0 Å². The molecular formula is C11H13F3N2O2S. The lowest BCUT2D eigenvalue weighted by Gasteiger charge is -2.33. The van der Waals surface area contributed by atoms with Crippen LogP contribution in [0.1, 0.15) is 23.3 Å². The number of rotatable bonds is 2. The van der Waals surface area contributed by atoms with Crippen LogP contribution in [0.3, 0.4) is 0 Å². The van der Waals surface area contributed by atoms with Crippen molar-refractivity contribution in [3.63, 3.8) is 0 Å². The minimum atomic E-state index is -4.18.